The number of para-hydroxylation sites is 2. The van der Waals surface area contributed by atoms with E-state index >= 15 is 0 Å². The first-order chi connectivity index (χ1) is 20.7. The summed E-state index contributed by atoms with van der Waals surface area (Å²) in [5, 5.41) is 4.62. The standard InChI is InChI=1S/C37H29N5/c1-42(33-23-13-12-22-32(33)38)24-31-29-20-9-8-18-27(29)28-19-10-11-21-30(28)34(31)37-40-35(25-14-4-2-5-15-25)39-36(41-37)26-16-6-3-7-17-26/h2-23H,24,38H2,1H3. The number of benzene rings is 6. The van der Waals surface area contributed by atoms with E-state index in [4.69, 9.17) is 20.7 Å². The van der Waals surface area contributed by atoms with Gasteiger partial charge in [0.2, 0.25) is 0 Å². The zero-order chi connectivity index (χ0) is 28.5. The van der Waals surface area contributed by atoms with Gasteiger partial charge >= 0.3 is 0 Å². The van der Waals surface area contributed by atoms with E-state index < -0.39 is 0 Å². The Morgan fingerprint density at radius 1 is 0.500 bits per heavy atom. The van der Waals surface area contributed by atoms with Crippen molar-refractivity contribution in [2.75, 3.05) is 17.7 Å². The lowest BCUT2D eigenvalue weighted by Gasteiger charge is -2.25. The summed E-state index contributed by atoms with van der Waals surface area (Å²) in [4.78, 5) is 17.4. The number of hydrogen-bond acceptors (Lipinski definition) is 5. The quantitative estimate of drug-likeness (QED) is 0.168. The van der Waals surface area contributed by atoms with E-state index in [0.717, 1.165) is 49.8 Å². The Labute approximate surface area is 245 Å². The minimum Gasteiger partial charge on any atom is -0.397 e. The van der Waals surface area contributed by atoms with E-state index in [9.17, 15) is 0 Å². The average Bonchev–Trinajstić information content (AvgIpc) is 3.05. The fraction of sp³-hybridized carbons (Fsp3) is 0.0541. The lowest BCUT2D eigenvalue weighted by Crippen LogP contribution is -2.19. The molecule has 7 aromatic rings. The fourth-order valence-electron chi connectivity index (χ4n) is 5.71. The molecule has 0 radical (unpaired) electrons. The van der Waals surface area contributed by atoms with Gasteiger partial charge in [-0.3, -0.25) is 0 Å². The molecule has 2 N–H and O–H groups in total. The number of hydrogen-bond donors (Lipinski definition) is 1. The smallest absolute Gasteiger partial charge is 0.165 e. The largest absolute Gasteiger partial charge is 0.397 e. The summed E-state index contributed by atoms with van der Waals surface area (Å²) in [6.07, 6.45) is 0. The van der Waals surface area contributed by atoms with E-state index in [0.29, 0.717) is 24.0 Å². The Morgan fingerprint density at radius 3 is 1.55 bits per heavy atom. The Bertz CT molecular complexity index is 1980. The molecule has 0 aliphatic carbocycles. The topological polar surface area (TPSA) is 67.9 Å². The third kappa shape index (κ3) is 4.61. The Kier molecular flexibility index (Phi) is 6.53. The molecule has 0 saturated heterocycles. The number of rotatable bonds is 6. The first-order valence-electron chi connectivity index (χ1n) is 14.0. The number of aromatic nitrogens is 3. The van der Waals surface area contributed by atoms with Gasteiger partial charge in [0, 0.05) is 30.3 Å². The van der Waals surface area contributed by atoms with E-state index in [2.05, 4.69) is 66.5 Å². The molecule has 5 heteroatoms. The van der Waals surface area contributed by atoms with Crippen LogP contribution in [0.1, 0.15) is 5.56 Å². The molecule has 0 spiro atoms. The van der Waals surface area contributed by atoms with Crippen molar-refractivity contribution >= 4 is 32.9 Å². The van der Waals surface area contributed by atoms with Gasteiger partial charge in [-0.05, 0) is 39.2 Å². The van der Waals surface area contributed by atoms with Crippen molar-refractivity contribution in [3.8, 4) is 34.2 Å². The summed E-state index contributed by atoms with van der Waals surface area (Å²) >= 11 is 0. The first kappa shape index (κ1) is 25.4. The van der Waals surface area contributed by atoms with Gasteiger partial charge in [0.1, 0.15) is 0 Å². The Morgan fingerprint density at radius 2 is 0.952 bits per heavy atom. The van der Waals surface area contributed by atoms with E-state index in [1.165, 1.54) is 5.39 Å². The van der Waals surface area contributed by atoms with Crippen molar-refractivity contribution in [3.05, 3.63) is 139 Å². The molecule has 5 nitrogen and oxygen atoms in total. The minimum atomic E-state index is 0.613. The molecule has 42 heavy (non-hydrogen) atoms. The number of nitrogens with two attached hydrogens (primary N) is 1. The van der Waals surface area contributed by atoms with Crippen LogP contribution >= 0.6 is 0 Å². The third-order valence-corrected chi connectivity index (χ3v) is 7.71. The molecular weight excluding hydrogens is 514 g/mol. The third-order valence-electron chi connectivity index (χ3n) is 7.71. The normalized spacial score (nSPS) is 11.2. The fourth-order valence-corrected chi connectivity index (χ4v) is 5.71. The van der Waals surface area contributed by atoms with Gasteiger partial charge in [-0.2, -0.15) is 0 Å². The van der Waals surface area contributed by atoms with E-state index in [1.54, 1.807) is 0 Å². The van der Waals surface area contributed by atoms with E-state index in [-0.39, 0.29) is 0 Å². The molecule has 1 heterocycles. The number of fused-ring (bicyclic) bond motifs is 3. The summed E-state index contributed by atoms with van der Waals surface area (Å²) < 4.78 is 0. The summed E-state index contributed by atoms with van der Waals surface area (Å²) in [6.45, 7) is 0.613. The highest BCUT2D eigenvalue weighted by molar-refractivity contribution is 6.15. The summed E-state index contributed by atoms with van der Waals surface area (Å²) in [5.41, 5.74) is 12.2. The lowest BCUT2D eigenvalue weighted by molar-refractivity contribution is 0.931. The Balaban J connectivity index is 1.55. The van der Waals surface area contributed by atoms with Gasteiger partial charge in [-0.15, -0.1) is 0 Å². The molecule has 0 saturated carbocycles. The van der Waals surface area contributed by atoms with Crippen molar-refractivity contribution in [1.82, 2.24) is 15.0 Å². The number of anilines is 2. The zero-order valence-corrected chi connectivity index (χ0v) is 23.3. The van der Waals surface area contributed by atoms with Crippen LogP contribution in [0.2, 0.25) is 0 Å². The number of nitrogen functional groups attached to an aromatic ring is 1. The zero-order valence-electron chi connectivity index (χ0n) is 23.3. The molecule has 0 aliphatic heterocycles. The highest BCUT2D eigenvalue weighted by atomic mass is 15.1. The second kappa shape index (κ2) is 10.8. The summed E-state index contributed by atoms with van der Waals surface area (Å²) in [6, 6.07) is 45.3. The maximum Gasteiger partial charge on any atom is 0.165 e. The summed E-state index contributed by atoms with van der Waals surface area (Å²) in [5.74, 6) is 1.93. The first-order valence-corrected chi connectivity index (χ1v) is 14.0. The van der Waals surface area contributed by atoms with Crippen molar-refractivity contribution < 1.29 is 0 Å². The highest BCUT2D eigenvalue weighted by Crippen LogP contribution is 2.40. The van der Waals surface area contributed by atoms with E-state index in [1.807, 2.05) is 78.9 Å². The van der Waals surface area contributed by atoms with Crippen LogP contribution in [0.15, 0.2) is 133 Å². The van der Waals surface area contributed by atoms with Crippen LogP contribution in [0.25, 0.3) is 55.7 Å². The van der Waals surface area contributed by atoms with Gasteiger partial charge in [0.05, 0.1) is 11.4 Å². The van der Waals surface area contributed by atoms with Crippen LogP contribution in [0, 0.1) is 0 Å². The van der Waals surface area contributed by atoms with Gasteiger partial charge in [0.25, 0.3) is 0 Å². The predicted molar refractivity (Wildman–Crippen MR) is 174 cm³/mol. The second-order valence-corrected chi connectivity index (χ2v) is 10.4. The number of nitrogens with zero attached hydrogens (tertiary/aromatic N) is 4. The molecule has 1 aromatic heterocycles. The maximum atomic E-state index is 6.42. The molecule has 0 atom stereocenters. The molecule has 0 unspecified atom stereocenters. The van der Waals surface area contributed by atoms with Crippen molar-refractivity contribution in [2.45, 2.75) is 6.54 Å². The van der Waals surface area contributed by atoms with Crippen LogP contribution in [0.5, 0.6) is 0 Å². The maximum absolute atomic E-state index is 6.42. The monoisotopic (exact) mass is 543 g/mol. The Hall–Kier alpha value is -5.55. The molecule has 6 aromatic carbocycles. The average molecular weight is 544 g/mol. The molecule has 0 aliphatic rings. The lowest BCUT2D eigenvalue weighted by atomic mass is 9.90. The van der Waals surface area contributed by atoms with Gasteiger partial charge in [-0.1, -0.05) is 121 Å². The minimum absolute atomic E-state index is 0.613. The van der Waals surface area contributed by atoms with Crippen LogP contribution in [0.3, 0.4) is 0 Å². The van der Waals surface area contributed by atoms with Crippen molar-refractivity contribution in [1.29, 1.82) is 0 Å². The molecular formula is C37H29N5. The summed E-state index contributed by atoms with van der Waals surface area (Å²) in [7, 11) is 2.08. The van der Waals surface area contributed by atoms with Gasteiger partial charge in [0.15, 0.2) is 17.5 Å². The SMILES string of the molecule is CN(Cc1c(-c2nc(-c3ccccc3)nc(-c3ccccc3)n2)c2ccccc2c2ccccc12)c1ccccc1N. The second-order valence-electron chi connectivity index (χ2n) is 10.4. The van der Waals surface area contributed by atoms with Crippen LogP contribution in [0.4, 0.5) is 11.4 Å². The molecule has 7 rings (SSSR count). The highest BCUT2D eigenvalue weighted by Gasteiger charge is 2.22. The van der Waals surface area contributed by atoms with Gasteiger partial charge < -0.3 is 10.6 Å². The van der Waals surface area contributed by atoms with Crippen molar-refractivity contribution in [2.24, 2.45) is 0 Å². The molecule has 0 bridgehead atoms. The molecule has 0 fully saturated rings. The predicted octanol–water partition coefficient (Wildman–Crippen LogP) is 8.40. The van der Waals surface area contributed by atoms with Gasteiger partial charge in [-0.25, -0.2) is 15.0 Å². The molecule has 202 valence electrons. The van der Waals surface area contributed by atoms with Crippen LogP contribution < -0.4 is 10.6 Å². The van der Waals surface area contributed by atoms with Crippen LogP contribution in [-0.4, -0.2) is 22.0 Å². The molecule has 0 amide bonds. The van der Waals surface area contributed by atoms with Crippen molar-refractivity contribution in [3.63, 3.8) is 0 Å². The van der Waals surface area contributed by atoms with Crippen LogP contribution in [-0.2, 0) is 6.54 Å².